The van der Waals surface area contributed by atoms with Crippen molar-refractivity contribution >= 4 is 0 Å². The van der Waals surface area contributed by atoms with E-state index in [1.54, 1.807) is 13.8 Å². The second-order valence-electron chi connectivity index (χ2n) is 3.48. The summed E-state index contributed by atoms with van der Waals surface area (Å²) >= 11 is 0. The number of aliphatic hydroxyl groups is 1. The van der Waals surface area contributed by atoms with Gasteiger partial charge in [-0.2, -0.15) is 13.2 Å². The van der Waals surface area contributed by atoms with E-state index in [2.05, 4.69) is 0 Å². The second-order valence-corrected chi connectivity index (χ2v) is 3.48. The summed E-state index contributed by atoms with van der Waals surface area (Å²) < 4.78 is 36.0. The van der Waals surface area contributed by atoms with Crippen molar-refractivity contribution in [2.24, 2.45) is 0 Å². The van der Waals surface area contributed by atoms with Crippen LogP contribution in [-0.4, -0.2) is 41.9 Å². The molecule has 1 unspecified atom stereocenters. The summed E-state index contributed by atoms with van der Waals surface area (Å²) in [7, 11) is 0. The first-order valence-electron chi connectivity index (χ1n) is 4.82. The van der Waals surface area contributed by atoms with Gasteiger partial charge in [0.05, 0.1) is 12.6 Å². The normalized spacial score (nSPS) is 14.8. The van der Waals surface area contributed by atoms with E-state index in [0.29, 0.717) is 25.9 Å². The highest BCUT2D eigenvalue weighted by atomic mass is 19.4. The molecule has 0 heterocycles. The fourth-order valence-corrected chi connectivity index (χ4v) is 1.21. The average molecular weight is 213 g/mol. The van der Waals surface area contributed by atoms with Crippen LogP contribution in [0.4, 0.5) is 13.2 Å². The number of halogens is 3. The van der Waals surface area contributed by atoms with Crippen LogP contribution in [0.1, 0.15) is 26.7 Å². The molecule has 0 saturated heterocycles. The molecule has 0 aromatic rings. The maximum atomic E-state index is 12.0. The van der Waals surface area contributed by atoms with Gasteiger partial charge >= 0.3 is 6.18 Å². The Bertz CT molecular complexity index is 147. The van der Waals surface area contributed by atoms with Gasteiger partial charge in [-0.15, -0.1) is 0 Å². The molecule has 14 heavy (non-hydrogen) atoms. The van der Waals surface area contributed by atoms with Crippen LogP contribution in [0.2, 0.25) is 0 Å². The molecule has 1 N–H and O–H groups in total. The number of hydrogen-bond donors (Lipinski definition) is 1. The number of nitrogens with zero attached hydrogens (tertiary/aromatic N) is 1. The largest absolute Gasteiger partial charge is 0.401 e. The van der Waals surface area contributed by atoms with Crippen molar-refractivity contribution in [2.45, 2.75) is 39.0 Å². The lowest BCUT2D eigenvalue weighted by molar-refractivity contribution is -0.145. The summed E-state index contributed by atoms with van der Waals surface area (Å²) in [5.74, 6) is 0. The highest BCUT2D eigenvalue weighted by Gasteiger charge is 2.29. The molecule has 0 saturated carbocycles. The number of aliphatic hydroxyl groups excluding tert-OH is 1. The zero-order valence-corrected chi connectivity index (χ0v) is 8.64. The smallest absolute Gasteiger partial charge is 0.393 e. The molecule has 0 spiro atoms. The van der Waals surface area contributed by atoms with Gasteiger partial charge in [0.2, 0.25) is 0 Å². The van der Waals surface area contributed by atoms with Gasteiger partial charge in [-0.1, -0.05) is 6.92 Å². The minimum absolute atomic E-state index is 0.388. The summed E-state index contributed by atoms with van der Waals surface area (Å²) in [6.07, 6.45) is -3.41. The van der Waals surface area contributed by atoms with E-state index < -0.39 is 18.8 Å². The summed E-state index contributed by atoms with van der Waals surface area (Å²) in [6.45, 7) is 3.26. The van der Waals surface area contributed by atoms with E-state index in [1.165, 1.54) is 4.90 Å². The summed E-state index contributed by atoms with van der Waals surface area (Å²) in [6, 6.07) is 0. The molecule has 1 atom stereocenters. The van der Waals surface area contributed by atoms with E-state index in [9.17, 15) is 13.2 Å². The SMILES string of the molecule is CCN(CCCC(C)O)CC(F)(F)F. The first kappa shape index (κ1) is 13.7. The van der Waals surface area contributed by atoms with Crippen molar-refractivity contribution in [1.29, 1.82) is 0 Å². The first-order valence-corrected chi connectivity index (χ1v) is 4.82. The maximum absolute atomic E-state index is 12.0. The van der Waals surface area contributed by atoms with Crippen molar-refractivity contribution in [3.05, 3.63) is 0 Å². The molecular weight excluding hydrogens is 195 g/mol. The summed E-state index contributed by atoms with van der Waals surface area (Å²) in [4.78, 5) is 1.34. The standard InChI is InChI=1S/C9H18F3NO/c1-3-13(7-9(10,11)12)6-4-5-8(2)14/h8,14H,3-7H2,1-2H3. The lowest BCUT2D eigenvalue weighted by atomic mass is 10.2. The Morgan fingerprint density at radius 2 is 1.93 bits per heavy atom. The molecule has 0 fully saturated rings. The van der Waals surface area contributed by atoms with E-state index in [4.69, 9.17) is 5.11 Å². The molecule has 0 aliphatic carbocycles. The Morgan fingerprint density at radius 3 is 2.29 bits per heavy atom. The zero-order valence-electron chi connectivity index (χ0n) is 8.64. The van der Waals surface area contributed by atoms with Gasteiger partial charge in [-0.05, 0) is 32.9 Å². The van der Waals surface area contributed by atoms with Crippen LogP contribution in [0.3, 0.4) is 0 Å². The molecule has 2 nitrogen and oxygen atoms in total. The maximum Gasteiger partial charge on any atom is 0.401 e. The number of hydrogen-bond acceptors (Lipinski definition) is 2. The van der Waals surface area contributed by atoms with E-state index >= 15 is 0 Å². The van der Waals surface area contributed by atoms with Crippen molar-refractivity contribution in [3.63, 3.8) is 0 Å². The van der Waals surface area contributed by atoms with E-state index in [0.717, 1.165) is 0 Å². The average Bonchev–Trinajstić information content (AvgIpc) is 1.99. The van der Waals surface area contributed by atoms with Gasteiger partial charge in [-0.25, -0.2) is 0 Å². The summed E-state index contributed by atoms with van der Waals surface area (Å²) in [5.41, 5.74) is 0. The molecule has 0 aromatic carbocycles. The van der Waals surface area contributed by atoms with Crippen LogP contribution in [-0.2, 0) is 0 Å². The Morgan fingerprint density at radius 1 is 1.36 bits per heavy atom. The quantitative estimate of drug-likeness (QED) is 0.729. The molecule has 0 radical (unpaired) electrons. The monoisotopic (exact) mass is 213 g/mol. The summed E-state index contributed by atoms with van der Waals surface area (Å²) in [5, 5.41) is 8.93. The Labute approximate surface area is 82.7 Å². The van der Waals surface area contributed by atoms with Crippen molar-refractivity contribution in [1.82, 2.24) is 4.90 Å². The Kier molecular flexibility index (Phi) is 6.11. The van der Waals surface area contributed by atoms with Gasteiger partial charge in [0.15, 0.2) is 0 Å². The van der Waals surface area contributed by atoms with E-state index in [-0.39, 0.29) is 0 Å². The Balaban J connectivity index is 3.69. The third kappa shape index (κ3) is 8.31. The van der Waals surface area contributed by atoms with Crippen molar-refractivity contribution < 1.29 is 18.3 Å². The van der Waals surface area contributed by atoms with Crippen LogP contribution in [0.15, 0.2) is 0 Å². The van der Waals surface area contributed by atoms with E-state index in [1.807, 2.05) is 0 Å². The molecule has 0 bridgehead atoms. The number of rotatable bonds is 6. The lowest BCUT2D eigenvalue weighted by Crippen LogP contribution is -2.35. The van der Waals surface area contributed by atoms with Crippen LogP contribution >= 0.6 is 0 Å². The van der Waals surface area contributed by atoms with Crippen LogP contribution < -0.4 is 0 Å². The van der Waals surface area contributed by atoms with Crippen LogP contribution in [0.5, 0.6) is 0 Å². The van der Waals surface area contributed by atoms with Gasteiger partial charge < -0.3 is 5.11 Å². The molecule has 0 amide bonds. The third-order valence-corrected chi connectivity index (χ3v) is 1.95. The highest BCUT2D eigenvalue weighted by Crippen LogP contribution is 2.16. The fraction of sp³-hybridized carbons (Fsp3) is 1.00. The van der Waals surface area contributed by atoms with Crippen LogP contribution in [0.25, 0.3) is 0 Å². The second kappa shape index (κ2) is 6.24. The predicted octanol–water partition coefficient (Wildman–Crippen LogP) is 2.03. The fourth-order valence-electron chi connectivity index (χ4n) is 1.21. The number of alkyl halides is 3. The molecule has 86 valence electrons. The third-order valence-electron chi connectivity index (χ3n) is 1.95. The minimum Gasteiger partial charge on any atom is -0.393 e. The molecule has 0 aromatic heterocycles. The van der Waals surface area contributed by atoms with Crippen molar-refractivity contribution in [3.8, 4) is 0 Å². The Hall–Kier alpha value is -0.290. The molecule has 5 heteroatoms. The zero-order chi connectivity index (χ0) is 11.2. The van der Waals surface area contributed by atoms with Gasteiger partial charge in [-0.3, -0.25) is 4.90 Å². The first-order chi connectivity index (χ1) is 6.35. The highest BCUT2D eigenvalue weighted by molar-refractivity contribution is 4.62. The minimum atomic E-state index is -4.12. The molecule has 0 aliphatic rings. The van der Waals surface area contributed by atoms with Crippen molar-refractivity contribution in [2.75, 3.05) is 19.6 Å². The lowest BCUT2D eigenvalue weighted by Gasteiger charge is -2.21. The molecular formula is C9H18F3NO. The van der Waals surface area contributed by atoms with Gasteiger partial charge in [0, 0.05) is 0 Å². The molecule has 0 rings (SSSR count). The van der Waals surface area contributed by atoms with Gasteiger partial charge in [0.25, 0.3) is 0 Å². The topological polar surface area (TPSA) is 23.5 Å². The molecule has 0 aliphatic heterocycles. The predicted molar refractivity (Wildman–Crippen MR) is 49.1 cm³/mol. The van der Waals surface area contributed by atoms with Crippen LogP contribution in [0, 0.1) is 0 Å². The van der Waals surface area contributed by atoms with Gasteiger partial charge in [0.1, 0.15) is 0 Å².